The number of nitrogens with zero attached hydrogens (tertiary/aromatic N) is 2. The molecule has 0 unspecified atom stereocenters. The third kappa shape index (κ3) is 6.57. The summed E-state index contributed by atoms with van der Waals surface area (Å²) in [7, 11) is 0. The molecule has 0 fully saturated rings. The van der Waals surface area contributed by atoms with Gasteiger partial charge in [0.2, 0.25) is 17.3 Å². The van der Waals surface area contributed by atoms with Crippen molar-refractivity contribution in [2.45, 2.75) is 56.7 Å². The lowest BCUT2D eigenvalue weighted by atomic mass is 9.84. The number of pyridine rings is 2. The molecule has 13 heteroatoms. The Balaban J connectivity index is 0.823. The summed E-state index contributed by atoms with van der Waals surface area (Å²) in [5, 5.41) is 6.20. The van der Waals surface area contributed by atoms with Crippen LogP contribution in [-0.4, -0.2) is 65.6 Å². The van der Waals surface area contributed by atoms with Crippen molar-refractivity contribution in [3.05, 3.63) is 118 Å². The zero-order valence-corrected chi connectivity index (χ0v) is 30.8. The average molecular weight is 756 g/mol. The number of fused-ring (bicyclic) bond motifs is 8. The van der Waals surface area contributed by atoms with Crippen LogP contribution >= 0.6 is 0 Å². The van der Waals surface area contributed by atoms with E-state index in [2.05, 4.69) is 34.9 Å². The smallest absolute Gasteiger partial charge is 0.407 e. The van der Waals surface area contributed by atoms with E-state index in [1.807, 2.05) is 54.6 Å². The lowest BCUT2D eigenvalue weighted by Crippen LogP contribution is -2.50. The molecule has 13 nitrogen and oxygen atoms in total. The molecule has 3 aliphatic rings. The Morgan fingerprint density at radius 3 is 2.43 bits per heavy atom. The van der Waals surface area contributed by atoms with Crippen molar-refractivity contribution in [3.8, 4) is 28.3 Å². The molecule has 0 radical (unpaired) electrons. The minimum atomic E-state index is -1.80. The number of hydrogen-bond donors (Lipinski definition) is 3. The Labute approximate surface area is 322 Å². The van der Waals surface area contributed by atoms with Gasteiger partial charge in [-0.3, -0.25) is 23.7 Å². The van der Waals surface area contributed by atoms with Gasteiger partial charge >= 0.3 is 12.1 Å². The number of Topliss-reactive ketones (excluding diaryl/α,β-unsaturated/α-hetero) is 1. The molecule has 0 saturated heterocycles. The first kappa shape index (κ1) is 36.6. The first-order valence-electron chi connectivity index (χ1n) is 18.9. The van der Waals surface area contributed by atoms with Crippen LogP contribution in [0.1, 0.15) is 60.8 Å². The van der Waals surface area contributed by atoms with Crippen molar-refractivity contribution in [1.29, 1.82) is 0 Å². The van der Waals surface area contributed by atoms with Gasteiger partial charge in [-0.1, -0.05) is 73.7 Å². The lowest BCUT2D eigenvalue weighted by molar-refractivity contribution is -0.172. The number of esters is 1. The van der Waals surface area contributed by atoms with E-state index in [0.29, 0.717) is 37.2 Å². The maximum Gasteiger partial charge on any atom is 0.407 e. The second-order valence-corrected chi connectivity index (χ2v) is 14.3. The molecule has 2 aliphatic heterocycles. The van der Waals surface area contributed by atoms with E-state index in [-0.39, 0.29) is 36.8 Å². The van der Waals surface area contributed by atoms with E-state index in [1.165, 1.54) is 0 Å². The summed E-state index contributed by atoms with van der Waals surface area (Å²) in [6.07, 6.45) is 0.894. The van der Waals surface area contributed by atoms with Crippen LogP contribution in [0.4, 0.5) is 4.79 Å². The van der Waals surface area contributed by atoms with Crippen LogP contribution in [0.3, 0.4) is 0 Å². The molecule has 2 amide bonds. The largest absolute Gasteiger partial charge is 0.479 e. The van der Waals surface area contributed by atoms with Gasteiger partial charge in [-0.05, 0) is 66.1 Å². The van der Waals surface area contributed by atoms with Crippen molar-refractivity contribution in [2.75, 3.05) is 26.3 Å². The van der Waals surface area contributed by atoms with E-state index in [0.717, 1.165) is 38.7 Å². The van der Waals surface area contributed by atoms with Gasteiger partial charge in [0, 0.05) is 23.4 Å². The van der Waals surface area contributed by atoms with Gasteiger partial charge < -0.3 is 30.6 Å². The summed E-state index contributed by atoms with van der Waals surface area (Å²) in [5.41, 5.74) is 11.3. The molecule has 0 spiro atoms. The third-order valence-corrected chi connectivity index (χ3v) is 10.9. The fraction of sp³-hybridized carbons (Fsp3) is 0.302. The lowest BCUT2D eigenvalue weighted by Gasteiger charge is -2.36. The summed E-state index contributed by atoms with van der Waals surface area (Å²) in [5.74, 6) is -2.05. The fourth-order valence-corrected chi connectivity index (χ4v) is 8.05. The molecular formula is C43H41N5O8. The van der Waals surface area contributed by atoms with Gasteiger partial charge in [-0.2, -0.15) is 0 Å². The van der Waals surface area contributed by atoms with Crippen LogP contribution < -0.4 is 26.7 Å². The van der Waals surface area contributed by atoms with Crippen LogP contribution in [0.2, 0.25) is 0 Å². The molecule has 3 aromatic carbocycles. The monoisotopic (exact) mass is 755 g/mol. The van der Waals surface area contributed by atoms with Crippen molar-refractivity contribution in [3.63, 3.8) is 0 Å². The summed E-state index contributed by atoms with van der Waals surface area (Å²) >= 11 is 0. The molecule has 8 rings (SSSR count). The summed E-state index contributed by atoms with van der Waals surface area (Å²) in [6, 6.07) is 26.6. The predicted octanol–water partition coefficient (Wildman–Crippen LogP) is 4.69. The second kappa shape index (κ2) is 15.1. The zero-order chi connectivity index (χ0) is 39.0. The van der Waals surface area contributed by atoms with Crippen LogP contribution in [-0.2, 0) is 36.0 Å². The van der Waals surface area contributed by atoms with E-state index < -0.39 is 54.1 Å². The zero-order valence-electron chi connectivity index (χ0n) is 30.8. The highest BCUT2D eigenvalue weighted by molar-refractivity contribution is 5.95. The number of benzene rings is 3. The molecule has 1 aliphatic carbocycles. The van der Waals surface area contributed by atoms with E-state index in [4.69, 9.17) is 24.9 Å². The maximum atomic E-state index is 13.7. The highest BCUT2D eigenvalue weighted by atomic mass is 16.6. The standard InChI is InChI=1S/C43H41N5O8/c1-2-43(32-20-35-38-26(19-25-11-3-8-17-34(25)47-38)22-48(35)41(52)39(32)54-24-36(43)49)56-37(50)21-46-40(51)33(44)16-9-10-18-45-42(53)55-23-31-29-14-6-4-12-27(29)28-13-5-7-15-30(28)31/h3-8,11-15,17,19-20,31,33H,2,9-10,16,18,21-24,44H2,1H3,(H,45,53)(H,46,51)/t33-,43-/m0/s1. The topological polar surface area (TPSA) is 181 Å². The Hall–Kier alpha value is -6.34. The number of hydrogen-bond acceptors (Lipinski definition) is 10. The fourth-order valence-electron chi connectivity index (χ4n) is 8.05. The van der Waals surface area contributed by atoms with Crippen molar-refractivity contribution in [2.24, 2.45) is 5.73 Å². The van der Waals surface area contributed by atoms with Crippen LogP contribution in [0.5, 0.6) is 5.75 Å². The molecule has 2 atom stereocenters. The second-order valence-electron chi connectivity index (χ2n) is 14.3. The summed E-state index contributed by atoms with van der Waals surface area (Å²) in [6.45, 7) is 1.52. The first-order valence-corrected chi connectivity index (χ1v) is 18.9. The molecule has 2 aromatic heterocycles. The maximum absolute atomic E-state index is 13.7. The summed E-state index contributed by atoms with van der Waals surface area (Å²) < 4.78 is 18.6. The third-order valence-electron chi connectivity index (χ3n) is 10.9. The SMILES string of the molecule is CC[C@@]1(OC(=O)CNC(=O)[C@@H](N)CCCCNC(=O)OCC2c3ccccc3-c3ccccc32)C(=O)COc2c1cc1n(c2=O)Cc2cc3ccccc3nc2-1. The molecule has 5 aromatic rings. The molecular weight excluding hydrogens is 714 g/mol. The molecule has 0 bridgehead atoms. The molecule has 56 heavy (non-hydrogen) atoms. The number of unbranched alkanes of at least 4 members (excludes halogenated alkanes) is 1. The number of carbonyl (C=O) groups is 4. The Kier molecular flexibility index (Phi) is 9.85. The van der Waals surface area contributed by atoms with Crippen molar-refractivity contribution < 1.29 is 33.4 Å². The normalized spacial score (nSPS) is 16.8. The van der Waals surface area contributed by atoms with Gasteiger partial charge in [-0.15, -0.1) is 0 Å². The number of rotatable bonds is 12. The number of aromatic nitrogens is 2. The number of nitrogens with two attached hydrogens (primary N) is 1. The van der Waals surface area contributed by atoms with Crippen molar-refractivity contribution >= 4 is 34.7 Å². The number of ketones is 1. The number of carbonyl (C=O) groups excluding carboxylic acids is 4. The van der Waals surface area contributed by atoms with E-state index in [1.54, 1.807) is 17.6 Å². The van der Waals surface area contributed by atoms with E-state index >= 15 is 0 Å². The Morgan fingerprint density at radius 1 is 0.964 bits per heavy atom. The van der Waals surface area contributed by atoms with Gasteiger partial charge in [-0.25, -0.2) is 9.78 Å². The quantitative estimate of drug-likeness (QED) is 0.117. The van der Waals surface area contributed by atoms with Gasteiger partial charge in [0.25, 0.3) is 5.56 Å². The van der Waals surface area contributed by atoms with Gasteiger partial charge in [0.15, 0.2) is 12.4 Å². The minimum absolute atomic E-state index is 0.0341. The van der Waals surface area contributed by atoms with E-state index in [9.17, 15) is 24.0 Å². The number of nitrogens with one attached hydrogen (secondary N) is 2. The number of amides is 2. The average Bonchev–Trinajstić information content (AvgIpc) is 3.74. The van der Waals surface area contributed by atoms with Crippen LogP contribution in [0.15, 0.2) is 89.7 Å². The molecule has 286 valence electrons. The highest BCUT2D eigenvalue weighted by Gasteiger charge is 2.49. The van der Waals surface area contributed by atoms with Crippen molar-refractivity contribution in [1.82, 2.24) is 20.2 Å². The Morgan fingerprint density at radius 2 is 1.68 bits per heavy atom. The van der Waals surface area contributed by atoms with Gasteiger partial charge in [0.05, 0.1) is 35.1 Å². The number of ether oxygens (including phenoxy) is 3. The van der Waals surface area contributed by atoms with Crippen LogP contribution in [0, 0.1) is 0 Å². The Bertz CT molecular complexity index is 2420. The first-order chi connectivity index (χ1) is 27.2. The summed E-state index contributed by atoms with van der Waals surface area (Å²) in [4.78, 5) is 70.5. The highest BCUT2D eigenvalue weighted by Crippen LogP contribution is 2.45. The number of alkyl carbamates (subject to hydrolysis) is 1. The molecule has 0 saturated carbocycles. The molecule has 4 N–H and O–H groups in total. The number of para-hydroxylation sites is 1. The van der Waals surface area contributed by atoms with Gasteiger partial charge in [0.1, 0.15) is 13.2 Å². The van der Waals surface area contributed by atoms with Crippen LogP contribution in [0.25, 0.3) is 33.4 Å². The molecule has 4 heterocycles. The minimum Gasteiger partial charge on any atom is -0.479 e. The predicted molar refractivity (Wildman–Crippen MR) is 207 cm³/mol.